The van der Waals surface area contributed by atoms with Crippen LogP contribution in [0, 0.1) is 6.92 Å². The first-order valence-electron chi connectivity index (χ1n) is 7.31. The Morgan fingerprint density at radius 3 is 2.67 bits per heavy atom. The maximum absolute atomic E-state index is 5.92. The second-order valence-corrected chi connectivity index (χ2v) is 6.92. The number of ether oxygens (including phenoxy) is 1. The van der Waals surface area contributed by atoms with Crippen LogP contribution in [0.2, 0.25) is 5.02 Å². The molecule has 0 unspecified atom stereocenters. The van der Waals surface area contributed by atoms with Crippen molar-refractivity contribution >= 4 is 22.9 Å². The van der Waals surface area contributed by atoms with Crippen molar-refractivity contribution in [3.05, 3.63) is 34.2 Å². The van der Waals surface area contributed by atoms with E-state index in [0.29, 0.717) is 6.61 Å². The van der Waals surface area contributed by atoms with Crippen LogP contribution in [-0.2, 0) is 0 Å². The molecule has 0 amide bonds. The van der Waals surface area contributed by atoms with Gasteiger partial charge in [-0.15, -0.1) is 11.3 Å². The van der Waals surface area contributed by atoms with Crippen molar-refractivity contribution < 1.29 is 4.74 Å². The molecular formula is C16H19ClN2OS. The predicted molar refractivity (Wildman–Crippen MR) is 88.5 cm³/mol. The second kappa shape index (κ2) is 6.77. The highest BCUT2D eigenvalue weighted by Crippen LogP contribution is 2.32. The zero-order valence-electron chi connectivity index (χ0n) is 12.1. The largest absolute Gasteiger partial charge is 0.476 e. The summed E-state index contributed by atoms with van der Waals surface area (Å²) in [5.74, 6) is 0.768. The van der Waals surface area contributed by atoms with Crippen LogP contribution in [-0.4, -0.2) is 36.1 Å². The van der Waals surface area contributed by atoms with Crippen LogP contribution in [0.3, 0.4) is 0 Å². The Morgan fingerprint density at radius 1 is 1.24 bits per heavy atom. The fraction of sp³-hybridized carbons (Fsp3) is 0.438. The normalized spacial score (nSPS) is 15.5. The lowest BCUT2D eigenvalue weighted by atomic mass is 10.2. The fourth-order valence-corrected chi connectivity index (χ4v) is 3.50. The fourth-order valence-electron chi connectivity index (χ4n) is 2.51. The van der Waals surface area contributed by atoms with Gasteiger partial charge in [-0.05, 0) is 45.0 Å². The van der Waals surface area contributed by atoms with Crippen molar-refractivity contribution in [1.82, 2.24) is 9.88 Å². The highest BCUT2D eigenvalue weighted by molar-refractivity contribution is 7.15. The van der Waals surface area contributed by atoms with Crippen molar-refractivity contribution in [2.75, 3.05) is 26.2 Å². The van der Waals surface area contributed by atoms with E-state index in [0.717, 1.165) is 32.9 Å². The first-order chi connectivity index (χ1) is 10.2. The quantitative estimate of drug-likeness (QED) is 0.823. The summed E-state index contributed by atoms with van der Waals surface area (Å²) in [5, 5.41) is 1.73. The molecular weight excluding hydrogens is 304 g/mol. The molecule has 0 bridgehead atoms. The Kier molecular flexibility index (Phi) is 4.78. The predicted octanol–water partition coefficient (Wildman–Crippen LogP) is 4.25. The molecule has 1 aromatic carbocycles. The third-order valence-electron chi connectivity index (χ3n) is 3.69. The number of halogens is 1. The number of aryl methyl sites for hydroxylation is 1. The number of likely N-dealkylation sites (tertiary alicyclic amines) is 1. The van der Waals surface area contributed by atoms with E-state index < -0.39 is 0 Å². The van der Waals surface area contributed by atoms with Gasteiger partial charge in [-0.3, -0.25) is 4.90 Å². The van der Waals surface area contributed by atoms with E-state index >= 15 is 0 Å². The van der Waals surface area contributed by atoms with Gasteiger partial charge in [-0.1, -0.05) is 23.7 Å². The van der Waals surface area contributed by atoms with Gasteiger partial charge >= 0.3 is 0 Å². The Labute approximate surface area is 134 Å². The first-order valence-corrected chi connectivity index (χ1v) is 8.50. The van der Waals surface area contributed by atoms with Gasteiger partial charge in [0.05, 0.1) is 4.88 Å². The summed E-state index contributed by atoms with van der Waals surface area (Å²) in [4.78, 5) is 8.18. The third-order valence-corrected chi connectivity index (χ3v) is 4.94. The lowest BCUT2D eigenvalue weighted by Gasteiger charge is -2.14. The van der Waals surface area contributed by atoms with Crippen LogP contribution in [0.4, 0.5) is 0 Å². The van der Waals surface area contributed by atoms with Gasteiger partial charge in [0, 0.05) is 17.1 Å². The molecule has 3 nitrogen and oxygen atoms in total. The number of aromatic nitrogens is 1. The van der Waals surface area contributed by atoms with Gasteiger partial charge in [-0.2, -0.15) is 0 Å². The molecule has 21 heavy (non-hydrogen) atoms. The minimum atomic E-state index is 0.713. The van der Waals surface area contributed by atoms with Crippen LogP contribution >= 0.6 is 22.9 Å². The molecule has 1 aliphatic rings. The number of hydrogen-bond acceptors (Lipinski definition) is 4. The van der Waals surface area contributed by atoms with E-state index in [4.69, 9.17) is 16.3 Å². The van der Waals surface area contributed by atoms with E-state index in [-0.39, 0.29) is 0 Å². The minimum Gasteiger partial charge on any atom is -0.476 e. The van der Waals surface area contributed by atoms with E-state index in [1.165, 1.54) is 25.9 Å². The summed E-state index contributed by atoms with van der Waals surface area (Å²) in [5.41, 5.74) is 1.09. The third kappa shape index (κ3) is 3.76. The van der Waals surface area contributed by atoms with Crippen LogP contribution in [0.5, 0.6) is 5.88 Å². The summed E-state index contributed by atoms with van der Waals surface area (Å²) in [6.07, 6.45) is 2.63. The molecule has 0 spiro atoms. The zero-order valence-corrected chi connectivity index (χ0v) is 13.7. The molecule has 0 aliphatic carbocycles. The van der Waals surface area contributed by atoms with Crippen molar-refractivity contribution in [1.29, 1.82) is 0 Å². The molecule has 1 aliphatic heterocycles. The lowest BCUT2D eigenvalue weighted by molar-refractivity contribution is 0.232. The van der Waals surface area contributed by atoms with Crippen molar-refractivity contribution in [2.45, 2.75) is 19.8 Å². The summed E-state index contributed by atoms with van der Waals surface area (Å²) < 4.78 is 5.86. The van der Waals surface area contributed by atoms with Gasteiger partial charge in [0.25, 0.3) is 0 Å². The SMILES string of the molecule is Cc1sc(-c2ccc(Cl)cc2)nc1OCCN1CCCC1. The molecule has 5 heteroatoms. The smallest absolute Gasteiger partial charge is 0.228 e. The van der Waals surface area contributed by atoms with Gasteiger partial charge < -0.3 is 4.74 Å². The summed E-state index contributed by atoms with van der Waals surface area (Å²) in [6.45, 7) is 6.17. The average molecular weight is 323 g/mol. The highest BCUT2D eigenvalue weighted by Gasteiger charge is 2.13. The van der Waals surface area contributed by atoms with Crippen LogP contribution in [0.25, 0.3) is 10.6 Å². The van der Waals surface area contributed by atoms with Crippen LogP contribution in [0.1, 0.15) is 17.7 Å². The summed E-state index contributed by atoms with van der Waals surface area (Å²) in [6, 6.07) is 7.77. The Balaban J connectivity index is 1.62. The number of hydrogen-bond donors (Lipinski definition) is 0. The Morgan fingerprint density at radius 2 is 1.95 bits per heavy atom. The molecule has 0 atom stereocenters. The van der Waals surface area contributed by atoms with E-state index in [1.807, 2.05) is 24.3 Å². The van der Waals surface area contributed by atoms with Crippen molar-refractivity contribution in [3.8, 4) is 16.5 Å². The molecule has 0 radical (unpaired) electrons. The molecule has 2 aromatic rings. The number of rotatable bonds is 5. The Hall–Kier alpha value is -1.10. The maximum Gasteiger partial charge on any atom is 0.228 e. The maximum atomic E-state index is 5.92. The molecule has 1 aromatic heterocycles. The standard InChI is InChI=1S/C16H19ClN2OS/c1-12-15(20-11-10-19-8-2-3-9-19)18-16(21-12)13-4-6-14(17)7-5-13/h4-7H,2-3,8-11H2,1H3. The van der Waals surface area contributed by atoms with Crippen molar-refractivity contribution in [2.24, 2.45) is 0 Å². The summed E-state index contributed by atoms with van der Waals surface area (Å²) >= 11 is 7.58. The van der Waals surface area contributed by atoms with Gasteiger partial charge in [-0.25, -0.2) is 4.98 Å². The Bertz CT molecular complexity index is 591. The lowest BCUT2D eigenvalue weighted by Crippen LogP contribution is -2.25. The number of thiazole rings is 1. The summed E-state index contributed by atoms with van der Waals surface area (Å²) in [7, 11) is 0. The minimum absolute atomic E-state index is 0.713. The van der Waals surface area contributed by atoms with Crippen molar-refractivity contribution in [3.63, 3.8) is 0 Å². The molecule has 2 heterocycles. The highest BCUT2D eigenvalue weighted by atomic mass is 35.5. The van der Waals surface area contributed by atoms with E-state index in [9.17, 15) is 0 Å². The zero-order chi connectivity index (χ0) is 14.7. The monoisotopic (exact) mass is 322 g/mol. The molecule has 0 N–H and O–H groups in total. The number of nitrogens with zero attached hydrogens (tertiary/aromatic N) is 2. The molecule has 1 fully saturated rings. The molecule has 0 saturated carbocycles. The number of benzene rings is 1. The average Bonchev–Trinajstić information content (AvgIpc) is 3.10. The van der Waals surface area contributed by atoms with Crippen LogP contribution < -0.4 is 4.74 Å². The van der Waals surface area contributed by atoms with E-state index in [2.05, 4.69) is 16.8 Å². The molecule has 112 valence electrons. The molecule has 3 rings (SSSR count). The van der Waals surface area contributed by atoms with E-state index in [1.54, 1.807) is 11.3 Å². The van der Waals surface area contributed by atoms with Gasteiger partial charge in [0.1, 0.15) is 11.6 Å². The molecule has 1 saturated heterocycles. The van der Waals surface area contributed by atoms with Gasteiger partial charge in [0.15, 0.2) is 0 Å². The second-order valence-electron chi connectivity index (χ2n) is 5.28. The van der Waals surface area contributed by atoms with Gasteiger partial charge in [0.2, 0.25) is 5.88 Å². The topological polar surface area (TPSA) is 25.4 Å². The van der Waals surface area contributed by atoms with Crippen LogP contribution in [0.15, 0.2) is 24.3 Å². The first kappa shape index (κ1) is 14.8.